The fourth-order valence-electron chi connectivity index (χ4n) is 3.46. The molecule has 7 heteroatoms. The summed E-state index contributed by atoms with van der Waals surface area (Å²) < 4.78 is 9.92. The zero-order valence-electron chi connectivity index (χ0n) is 17.0. The monoisotopic (exact) mass is 436 g/mol. The number of benzene rings is 1. The van der Waals surface area contributed by atoms with Crippen LogP contribution in [-0.4, -0.2) is 40.8 Å². The molecule has 1 saturated carbocycles. The number of aliphatic hydroxyl groups is 3. The van der Waals surface area contributed by atoms with Crippen molar-refractivity contribution in [3.63, 3.8) is 0 Å². The minimum absolute atomic E-state index is 0.475. The maximum atomic E-state index is 11.2. The lowest BCUT2D eigenvalue weighted by molar-refractivity contribution is -0.201. The zero-order valence-corrected chi connectivity index (χ0v) is 17.8. The van der Waals surface area contributed by atoms with Gasteiger partial charge in [-0.15, -0.1) is 0 Å². The first-order valence-corrected chi connectivity index (χ1v) is 10.4. The van der Waals surface area contributed by atoms with E-state index < -0.39 is 17.5 Å². The molecule has 0 saturated heterocycles. The van der Waals surface area contributed by atoms with Crippen LogP contribution in [0.2, 0.25) is 5.02 Å². The first-order valence-electron chi connectivity index (χ1n) is 9.99. The zero-order chi connectivity index (χ0) is 22.0. The fraction of sp³-hybridized carbons (Fsp3) is 0.435. The van der Waals surface area contributed by atoms with Gasteiger partial charge in [0.05, 0.1) is 13.7 Å². The molecule has 0 spiro atoms. The van der Waals surface area contributed by atoms with Gasteiger partial charge in [0.15, 0.2) is 5.76 Å². The SMILES string of the molecule is COC(=O)C(O)(O)/C(O)=C\C=C/C[C@H]1CCC[C@@H]1/C=C/CCOc1cccc(Cl)c1. The molecule has 1 aromatic carbocycles. The number of methoxy groups -OCH3 is 1. The largest absolute Gasteiger partial charge is 0.506 e. The topological polar surface area (TPSA) is 96.2 Å². The number of hydrogen-bond donors (Lipinski definition) is 3. The van der Waals surface area contributed by atoms with E-state index in [9.17, 15) is 20.1 Å². The molecule has 1 fully saturated rings. The van der Waals surface area contributed by atoms with E-state index in [0.29, 0.717) is 23.5 Å². The molecule has 0 aromatic heterocycles. The Balaban J connectivity index is 1.77. The predicted molar refractivity (Wildman–Crippen MR) is 115 cm³/mol. The van der Waals surface area contributed by atoms with Crippen LogP contribution in [-0.2, 0) is 9.53 Å². The summed E-state index contributed by atoms with van der Waals surface area (Å²) in [6.07, 6.45) is 13.8. The van der Waals surface area contributed by atoms with Crippen molar-refractivity contribution in [1.29, 1.82) is 0 Å². The molecule has 2 rings (SSSR count). The van der Waals surface area contributed by atoms with Crippen LogP contribution < -0.4 is 4.74 Å². The predicted octanol–water partition coefficient (Wildman–Crippen LogP) is 4.32. The molecule has 0 heterocycles. The summed E-state index contributed by atoms with van der Waals surface area (Å²) in [5.41, 5.74) is 0. The van der Waals surface area contributed by atoms with E-state index in [4.69, 9.17) is 16.3 Å². The molecule has 0 bridgehead atoms. The van der Waals surface area contributed by atoms with Gasteiger partial charge in [-0.05, 0) is 61.8 Å². The van der Waals surface area contributed by atoms with Gasteiger partial charge < -0.3 is 24.8 Å². The van der Waals surface area contributed by atoms with Crippen LogP contribution in [0.1, 0.15) is 32.1 Å². The molecular formula is C23H29ClO6. The van der Waals surface area contributed by atoms with Gasteiger partial charge in [0, 0.05) is 5.02 Å². The van der Waals surface area contributed by atoms with Gasteiger partial charge in [0.2, 0.25) is 0 Å². The van der Waals surface area contributed by atoms with Crippen LogP contribution in [0.15, 0.2) is 60.4 Å². The Labute approximate surface area is 182 Å². The van der Waals surface area contributed by atoms with Gasteiger partial charge >= 0.3 is 11.8 Å². The first kappa shape index (κ1) is 24.0. The Hall–Kier alpha value is -2.28. The number of aliphatic hydroxyl groups excluding tert-OH is 1. The highest BCUT2D eigenvalue weighted by molar-refractivity contribution is 6.30. The number of esters is 1. The van der Waals surface area contributed by atoms with Gasteiger partial charge in [-0.25, -0.2) is 4.79 Å². The van der Waals surface area contributed by atoms with E-state index in [0.717, 1.165) is 51.0 Å². The Bertz CT molecular complexity index is 784. The third kappa shape index (κ3) is 7.20. The van der Waals surface area contributed by atoms with Gasteiger partial charge in [-0.1, -0.05) is 48.4 Å². The summed E-state index contributed by atoms with van der Waals surface area (Å²) in [5, 5.41) is 29.4. The molecule has 0 aliphatic heterocycles. The van der Waals surface area contributed by atoms with E-state index in [1.807, 2.05) is 24.3 Å². The van der Waals surface area contributed by atoms with Gasteiger partial charge in [-0.3, -0.25) is 0 Å². The lowest BCUT2D eigenvalue weighted by Crippen LogP contribution is -2.41. The fourth-order valence-corrected chi connectivity index (χ4v) is 3.64. The van der Waals surface area contributed by atoms with Crippen molar-refractivity contribution in [2.75, 3.05) is 13.7 Å². The maximum absolute atomic E-state index is 11.2. The molecular weight excluding hydrogens is 408 g/mol. The molecule has 1 aliphatic rings. The Morgan fingerprint density at radius 3 is 2.83 bits per heavy atom. The quantitative estimate of drug-likeness (QED) is 0.126. The van der Waals surface area contributed by atoms with Crippen molar-refractivity contribution in [2.45, 2.75) is 37.9 Å². The second-order valence-electron chi connectivity index (χ2n) is 7.26. The lowest BCUT2D eigenvalue weighted by atomic mass is 9.92. The Morgan fingerprint density at radius 2 is 2.10 bits per heavy atom. The molecule has 1 aliphatic carbocycles. The highest BCUT2D eigenvalue weighted by Gasteiger charge is 2.39. The number of carbonyl (C=O) groups excluding carboxylic acids is 1. The van der Waals surface area contributed by atoms with E-state index in [-0.39, 0.29) is 0 Å². The van der Waals surface area contributed by atoms with Crippen molar-refractivity contribution < 1.29 is 29.6 Å². The van der Waals surface area contributed by atoms with Gasteiger partial charge in [0.1, 0.15) is 5.75 Å². The number of carbonyl (C=O) groups is 1. The van der Waals surface area contributed by atoms with Crippen LogP contribution in [0.3, 0.4) is 0 Å². The molecule has 2 atom stereocenters. The lowest BCUT2D eigenvalue weighted by Gasteiger charge is -2.17. The number of rotatable bonds is 10. The molecule has 0 unspecified atom stereocenters. The second-order valence-corrected chi connectivity index (χ2v) is 7.69. The normalized spacial score (nSPS) is 20.2. The van der Waals surface area contributed by atoms with Crippen molar-refractivity contribution in [3.05, 3.63) is 65.4 Å². The third-order valence-electron chi connectivity index (χ3n) is 5.11. The van der Waals surface area contributed by atoms with Crippen molar-refractivity contribution >= 4 is 17.6 Å². The van der Waals surface area contributed by atoms with E-state index in [2.05, 4.69) is 16.9 Å². The summed E-state index contributed by atoms with van der Waals surface area (Å²) in [7, 11) is 1.00. The molecule has 6 nitrogen and oxygen atoms in total. The van der Waals surface area contributed by atoms with Crippen molar-refractivity contribution in [1.82, 2.24) is 0 Å². The smallest absolute Gasteiger partial charge is 0.374 e. The maximum Gasteiger partial charge on any atom is 0.374 e. The molecule has 0 amide bonds. The van der Waals surface area contributed by atoms with Crippen molar-refractivity contribution in [2.24, 2.45) is 11.8 Å². The van der Waals surface area contributed by atoms with E-state index in [1.165, 1.54) is 6.08 Å². The average Bonchev–Trinajstić information content (AvgIpc) is 3.17. The second kappa shape index (κ2) is 11.8. The molecule has 3 N–H and O–H groups in total. The summed E-state index contributed by atoms with van der Waals surface area (Å²) >= 11 is 5.94. The van der Waals surface area contributed by atoms with Crippen LogP contribution in [0.4, 0.5) is 0 Å². The standard InChI is InChI=1S/C23H29ClO6/c1-29-22(26)23(27,28)21(25)14-3-2-8-17-10-6-11-18(17)9-4-5-15-30-20-13-7-12-19(24)16-20/h2-4,7,9,12-14,16-18,25,27-28H,5-6,8,10-11,15H2,1H3/b3-2-,9-4+,21-14+/t17-,18-/m0/s1. The van der Waals surface area contributed by atoms with Gasteiger partial charge in [0.25, 0.3) is 0 Å². The van der Waals surface area contributed by atoms with Crippen LogP contribution in [0.5, 0.6) is 5.75 Å². The van der Waals surface area contributed by atoms with Gasteiger partial charge in [-0.2, -0.15) is 0 Å². The summed E-state index contributed by atoms with van der Waals surface area (Å²) in [6, 6.07) is 7.34. The molecule has 1 aromatic rings. The van der Waals surface area contributed by atoms with Crippen LogP contribution >= 0.6 is 11.6 Å². The number of allylic oxidation sites excluding steroid dienone is 4. The molecule has 164 valence electrons. The van der Waals surface area contributed by atoms with Crippen molar-refractivity contribution in [3.8, 4) is 5.75 Å². The van der Waals surface area contributed by atoms with Crippen LogP contribution in [0, 0.1) is 11.8 Å². The Kier molecular flexibility index (Phi) is 9.43. The Morgan fingerprint density at radius 1 is 1.30 bits per heavy atom. The highest BCUT2D eigenvalue weighted by atomic mass is 35.5. The number of halogens is 1. The minimum atomic E-state index is -3.04. The summed E-state index contributed by atoms with van der Waals surface area (Å²) in [5.74, 6) is -3.54. The summed E-state index contributed by atoms with van der Waals surface area (Å²) in [6.45, 7) is 0.586. The molecule has 30 heavy (non-hydrogen) atoms. The highest BCUT2D eigenvalue weighted by Crippen LogP contribution is 2.35. The average molecular weight is 437 g/mol. The third-order valence-corrected chi connectivity index (χ3v) is 5.34. The summed E-state index contributed by atoms with van der Waals surface area (Å²) in [4.78, 5) is 11.2. The van der Waals surface area contributed by atoms with Crippen LogP contribution in [0.25, 0.3) is 0 Å². The van der Waals surface area contributed by atoms with E-state index >= 15 is 0 Å². The molecule has 0 radical (unpaired) electrons. The van der Waals surface area contributed by atoms with E-state index in [1.54, 1.807) is 6.07 Å². The first-order chi connectivity index (χ1) is 14.3. The minimum Gasteiger partial charge on any atom is -0.506 e. The number of hydrogen-bond acceptors (Lipinski definition) is 6. The number of ether oxygens (including phenoxy) is 2.